The quantitative estimate of drug-likeness (QED) is 0.392. The van der Waals surface area contributed by atoms with Gasteiger partial charge in [0, 0.05) is 12.6 Å². The third-order valence-corrected chi connectivity index (χ3v) is 8.12. The lowest BCUT2D eigenvalue weighted by molar-refractivity contribution is -0.384. The van der Waals surface area contributed by atoms with E-state index in [2.05, 4.69) is 10.3 Å². The van der Waals surface area contributed by atoms with E-state index in [-0.39, 0.29) is 28.0 Å². The number of hydrogen-bond acceptors (Lipinski definition) is 9. The first-order chi connectivity index (χ1) is 15.7. The largest absolute Gasteiger partial charge is 0.497 e. The minimum absolute atomic E-state index is 0.0695. The Bertz CT molecular complexity index is 1320. The average molecular weight is 493 g/mol. The third-order valence-electron chi connectivity index (χ3n) is 5.28. The van der Waals surface area contributed by atoms with Gasteiger partial charge in [0.25, 0.3) is 5.69 Å². The van der Waals surface area contributed by atoms with Crippen LogP contribution < -0.4 is 14.8 Å². The molecule has 0 aliphatic carbocycles. The molecule has 1 amide bonds. The van der Waals surface area contributed by atoms with E-state index in [1.165, 1.54) is 42.8 Å². The first-order valence-corrected chi connectivity index (χ1v) is 12.1. The molecule has 1 saturated heterocycles. The second-order valence-corrected chi connectivity index (χ2v) is 10.1. The van der Waals surface area contributed by atoms with Crippen LogP contribution in [0.4, 0.5) is 10.8 Å². The van der Waals surface area contributed by atoms with Gasteiger partial charge in [-0.15, -0.1) is 0 Å². The number of carbonyl (C=O) groups is 1. The molecule has 2 heterocycles. The topological polar surface area (TPSA) is 141 Å². The molecular formula is C20H20N4O7S2. The average Bonchev–Trinajstić information content (AvgIpc) is 3.45. The van der Waals surface area contributed by atoms with Gasteiger partial charge in [-0.25, -0.2) is 13.4 Å². The Morgan fingerprint density at radius 1 is 1.24 bits per heavy atom. The number of aromatic nitrogens is 1. The third kappa shape index (κ3) is 4.34. The van der Waals surface area contributed by atoms with Gasteiger partial charge in [0.2, 0.25) is 15.9 Å². The molecule has 174 valence electrons. The Balaban J connectivity index is 1.58. The Labute approximate surface area is 193 Å². The predicted octanol–water partition coefficient (Wildman–Crippen LogP) is 3.01. The number of nitrogens with one attached hydrogen (secondary N) is 1. The lowest BCUT2D eigenvalue weighted by atomic mass is 10.2. The number of non-ortho nitro benzene ring substituents is 1. The molecule has 4 rings (SSSR count). The molecule has 1 N–H and O–H groups in total. The van der Waals surface area contributed by atoms with Crippen LogP contribution in [0.2, 0.25) is 0 Å². The van der Waals surface area contributed by atoms with E-state index in [9.17, 15) is 23.3 Å². The molecule has 1 fully saturated rings. The highest BCUT2D eigenvalue weighted by Crippen LogP contribution is 2.36. The van der Waals surface area contributed by atoms with E-state index in [0.29, 0.717) is 28.8 Å². The van der Waals surface area contributed by atoms with Crippen molar-refractivity contribution in [1.29, 1.82) is 0 Å². The van der Waals surface area contributed by atoms with Crippen LogP contribution in [0, 0.1) is 10.1 Å². The molecule has 13 heteroatoms. The maximum atomic E-state index is 13.1. The molecule has 1 unspecified atom stereocenters. The van der Waals surface area contributed by atoms with E-state index in [1.807, 2.05) is 0 Å². The van der Waals surface area contributed by atoms with Crippen molar-refractivity contribution in [3.05, 3.63) is 46.5 Å². The molecular weight excluding hydrogens is 472 g/mol. The van der Waals surface area contributed by atoms with Crippen LogP contribution in [0.25, 0.3) is 10.2 Å². The predicted molar refractivity (Wildman–Crippen MR) is 121 cm³/mol. The molecule has 1 aromatic heterocycles. The van der Waals surface area contributed by atoms with Gasteiger partial charge in [-0.05, 0) is 37.1 Å². The van der Waals surface area contributed by atoms with Crippen molar-refractivity contribution in [2.24, 2.45) is 0 Å². The van der Waals surface area contributed by atoms with Gasteiger partial charge in [0.15, 0.2) is 10.9 Å². The minimum atomic E-state index is -3.90. The number of methoxy groups -OCH3 is 2. The Hall–Kier alpha value is -3.29. The Morgan fingerprint density at radius 2 is 1.97 bits per heavy atom. The number of nitrogens with zero attached hydrogens (tertiary/aromatic N) is 3. The van der Waals surface area contributed by atoms with Crippen LogP contribution in [-0.2, 0) is 14.8 Å². The molecule has 1 atom stereocenters. The molecule has 0 bridgehead atoms. The van der Waals surface area contributed by atoms with Crippen LogP contribution in [0.5, 0.6) is 11.5 Å². The minimum Gasteiger partial charge on any atom is -0.497 e. The van der Waals surface area contributed by atoms with Crippen molar-refractivity contribution in [3.8, 4) is 11.5 Å². The monoisotopic (exact) mass is 492 g/mol. The van der Waals surface area contributed by atoms with Gasteiger partial charge >= 0.3 is 0 Å². The Morgan fingerprint density at radius 3 is 2.61 bits per heavy atom. The number of hydrogen-bond donors (Lipinski definition) is 1. The molecule has 0 radical (unpaired) electrons. The van der Waals surface area contributed by atoms with Gasteiger partial charge in [0.1, 0.15) is 17.3 Å². The molecule has 33 heavy (non-hydrogen) atoms. The molecule has 1 aliphatic heterocycles. The summed E-state index contributed by atoms with van der Waals surface area (Å²) in [5.41, 5.74) is 0.214. The molecule has 3 aromatic rings. The zero-order valence-corrected chi connectivity index (χ0v) is 19.3. The van der Waals surface area contributed by atoms with Crippen LogP contribution in [0.1, 0.15) is 12.8 Å². The molecule has 0 saturated carbocycles. The summed E-state index contributed by atoms with van der Waals surface area (Å²) in [4.78, 5) is 28.0. The zero-order valence-electron chi connectivity index (χ0n) is 17.7. The summed E-state index contributed by atoms with van der Waals surface area (Å²) in [6.45, 7) is 0.215. The standard InChI is InChI=1S/C20H20N4O7S2/c1-30-13-5-7-14(8-6-13)33(28,29)23-9-3-4-15(23)19(25)22-20-21-18-16(31-2)10-12(24(26)27)11-17(18)32-20/h5-8,10-11,15H,3-4,9H2,1-2H3,(H,21,22,25). The van der Waals surface area contributed by atoms with Gasteiger partial charge in [-0.1, -0.05) is 11.3 Å². The van der Waals surface area contributed by atoms with Crippen molar-refractivity contribution in [1.82, 2.24) is 9.29 Å². The van der Waals surface area contributed by atoms with Gasteiger partial charge in [-0.3, -0.25) is 14.9 Å². The summed E-state index contributed by atoms with van der Waals surface area (Å²) >= 11 is 1.05. The van der Waals surface area contributed by atoms with E-state index < -0.39 is 26.9 Å². The number of carbonyl (C=O) groups excluding carboxylic acids is 1. The zero-order chi connectivity index (χ0) is 23.8. The number of nitro benzene ring substituents is 1. The van der Waals surface area contributed by atoms with Crippen LogP contribution in [0.15, 0.2) is 41.3 Å². The number of amides is 1. The summed E-state index contributed by atoms with van der Waals surface area (Å²) in [6, 6.07) is 7.68. The van der Waals surface area contributed by atoms with E-state index in [1.54, 1.807) is 12.1 Å². The van der Waals surface area contributed by atoms with E-state index in [4.69, 9.17) is 9.47 Å². The smallest absolute Gasteiger partial charge is 0.274 e. The van der Waals surface area contributed by atoms with Crippen LogP contribution >= 0.6 is 11.3 Å². The fourth-order valence-electron chi connectivity index (χ4n) is 3.66. The maximum absolute atomic E-state index is 13.1. The molecule has 2 aromatic carbocycles. The van der Waals surface area contributed by atoms with E-state index in [0.717, 1.165) is 11.3 Å². The second kappa shape index (κ2) is 8.92. The fraction of sp³-hybridized carbons (Fsp3) is 0.300. The van der Waals surface area contributed by atoms with Crippen molar-refractivity contribution >= 4 is 48.3 Å². The SMILES string of the molecule is COc1ccc(S(=O)(=O)N2CCCC2C(=O)Nc2nc3c(OC)cc([N+](=O)[O-])cc3s2)cc1. The molecule has 11 nitrogen and oxygen atoms in total. The lowest BCUT2D eigenvalue weighted by Gasteiger charge is -2.23. The highest BCUT2D eigenvalue weighted by Gasteiger charge is 2.39. The first kappa shape index (κ1) is 22.9. The van der Waals surface area contributed by atoms with Crippen molar-refractivity contribution < 1.29 is 27.6 Å². The van der Waals surface area contributed by atoms with Crippen LogP contribution in [0.3, 0.4) is 0 Å². The van der Waals surface area contributed by atoms with Gasteiger partial charge in [-0.2, -0.15) is 4.31 Å². The van der Waals surface area contributed by atoms with Gasteiger partial charge in [0.05, 0.1) is 34.8 Å². The summed E-state index contributed by atoms with van der Waals surface area (Å²) < 4.78 is 38.2. The first-order valence-electron chi connectivity index (χ1n) is 9.84. The maximum Gasteiger partial charge on any atom is 0.274 e. The summed E-state index contributed by atoms with van der Waals surface area (Å²) in [6.07, 6.45) is 0.897. The van der Waals surface area contributed by atoms with Crippen molar-refractivity contribution in [2.45, 2.75) is 23.8 Å². The van der Waals surface area contributed by atoms with Gasteiger partial charge < -0.3 is 14.8 Å². The number of benzene rings is 2. The number of rotatable bonds is 7. The number of nitro groups is 1. The number of thiazole rings is 1. The highest BCUT2D eigenvalue weighted by atomic mass is 32.2. The fourth-order valence-corrected chi connectivity index (χ4v) is 6.24. The summed E-state index contributed by atoms with van der Waals surface area (Å²) in [7, 11) is -1.04. The lowest BCUT2D eigenvalue weighted by Crippen LogP contribution is -2.43. The second-order valence-electron chi connectivity index (χ2n) is 7.21. The number of fused-ring (bicyclic) bond motifs is 1. The van der Waals surface area contributed by atoms with Crippen molar-refractivity contribution in [2.75, 3.05) is 26.1 Å². The number of anilines is 1. The summed E-state index contributed by atoms with van der Waals surface area (Å²) in [5.74, 6) is 0.216. The van der Waals surface area contributed by atoms with E-state index >= 15 is 0 Å². The highest BCUT2D eigenvalue weighted by molar-refractivity contribution is 7.89. The molecule has 0 spiro atoms. The Kier molecular flexibility index (Phi) is 6.19. The number of sulfonamides is 1. The molecule has 1 aliphatic rings. The summed E-state index contributed by atoms with van der Waals surface area (Å²) in [5, 5.41) is 14.0. The number of ether oxygens (including phenoxy) is 2. The van der Waals surface area contributed by atoms with Crippen LogP contribution in [-0.4, -0.2) is 55.3 Å². The normalized spacial score (nSPS) is 16.6. The van der Waals surface area contributed by atoms with Crippen molar-refractivity contribution in [3.63, 3.8) is 0 Å².